The summed E-state index contributed by atoms with van der Waals surface area (Å²) >= 11 is 0. The van der Waals surface area contributed by atoms with Gasteiger partial charge in [0.05, 0.1) is 25.0 Å². The molecule has 5 fully saturated rings. The first-order valence-corrected chi connectivity index (χ1v) is 10.7. The zero-order chi connectivity index (χ0) is 19.6. The monoisotopic (exact) mass is 378 g/mol. The van der Waals surface area contributed by atoms with Gasteiger partial charge >= 0.3 is 11.9 Å². The highest BCUT2D eigenvalue weighted by Gasteiger charge is 2.68. The van der Waals surface area contributed by atoms with Crippen molar-refractivity contribution in [2.45, 2.75) is 77.7 Å². The SMILES string of the molecule is COC(=O)[C@]1(C)CCC[C@@]2(C)[C@@H]3C[C@@H]4CC[C@@]3(CC[C@@H]21)[C@H](O)[C@H]4CC(=O)O. The summed E-state index contributed by atoms with van der Waals surface area (Å²) in [6.45, 7) is 4.44. The summed E-state index contributed by atoms with van der Waals surface area (Å²) in [6.07, 6.45) is 7.47. The molecule has 0 unspecified atom stereocenters. The molecular formula is C22H34O5. The Kier molecular flexibility index (Phi) is 4.41. The molecule has 2 N–H and O–H groups in total. The van der Waals surface area contributed by atoms with Crippen molar-refractivity contribution in [1.82, 2.24) is 0 Å². The predicted molar refractivity (Wildman–Crippen MR) is 99.8 cm³/mol. The minimum atomic E-state index is -0.796. The van der Waals surface area contributed by atoms with Crippen molar-refractivity contribution in [3.8, 4) is 0 Å². The van der Waals surface area contributed by atoms with E-state index in [1.807, 2.05) is 0 Å². The average Bonchev–Trinajstić information content (AvgIpc) is 2.63. The molecule has 27 heavy (non-hydrogen) atoms. The van der Waals surface area contributed by atoms with E-state index in [-0.39, 0.29) is 35.1 Å². The first-order chi connectivity index (χ1) is 12.7. The number of esters is 1. The highest BCUT2D eigenvalue weighted by molar-refractivity contribution is 5.77. The largest absolute Gasteiger partial charge is 0.481 e. The van der Waals surface area contributed by atoms with Gasteiger partial charge in [-0.25, -0.2) is 0 Å². The number of rotatable bonds is 3. The molecule has 5 aliphatic carbocycles. The van der Waals surface area contributed by atoms with E-state index >= 15 is 0 Å². The molecule has 1 spiro atoms. The molecule has 152 valence electrons. The maximum atomic E-state index is 12.7. The lowest BCUT2D eigenvalue weighted by atomic mass is 9.35. The van der Waals surface area contributed by atoms with Crippen molar-refractivity contribution in [1.29, 1.82) is 0 Å². The number of fused-ring (bicyclic) bond motifs is 3. The second-order valence-corrected chi connectivity index (χ2v) is 10.4. The molecule has 5 saturated carbocycles. The van der Waals surface area contributed by atoms with E-state index in [1.165, 1.54) is 7.11 Å². The number of hydrogen-bond donors (Lipinski definition) is 2. The number of aliphatic hydroxyl groups excluding tert-OH is 1. The molecule has 0 aromatic heterocycles. The van der Waals surface area contributed by atoms with Gasteiger partial charge in [-0.05, 0) is 86.4 Å². The fraction of sp³-hybridized carbons (Fsp3) is 0.909. The Morgan fingerprint density at radius 3 is 2.44 bits per heavy atom. The number of ether oxygens (including phenoxy) is 1. The van der Waals surface area contributed by atoms with E-state index < -0.39 is 17.5 Å². The van der Waals surface area contributed by atoms with Crippen LogP contribution in [0.3, 0.4) is 0 Å². The fourth-order valence-electron chi connectivity index (χ4n) is 8.43. The third kappa shape index (κ3) is 2.46. The summed E-state index contributed by atoms with van der Waals surface area (Å²) < 4.78 is 5.21. The molecule has 0 aromatic carbocycles. The van der Waals surface area contributed by atoms with Crippen LogP contribution in [0.5, 0.6) is 0 Å². The van der Waals surface area contributed by atoms with Crippen LogP contribution in [0.4, 0.5) is 0 Å². The Bertz CT molecular complexity index is 647. The molecule has 0 aliphatic heterocycles. The number of methoxy groups -OCH3 is 1. The number of aliphatic carboxylic acids is 1. The van der Waals surface area contributed by atoms with Gasteiger partial charge in [-0.2, -0.15) is 0 Å². The van der Waals surface area contributed by atoms with Crippen molar-refractivity contribution in [2.75, 3.05) is 7.11 Å². The number of carbonyl (C=O) groups is 2. The molecular weight excluding hydrogens is 344 g/mol. The summed E-state index contributed by atoms with van der Waals surface area (Å²) in [4.78, 5) is 24.1. The molecule has 5 rings (SSSR count). The molecule has 0 saturated heterocycles. The Balaban J connectivity index is 1.70. The van der Waals surface area contributed by atoms with Crippen LogP contribution in [-0.4, -0.2) is 35.4 Å². The second kappa shape index (κ2) is 6.20. The Labute approximate surface area is 161 Å². The highest BCUT2D eigenvalue weighted by atomic mass is 16.5. The zero-order valence-corrected chi connectivity index (χ0v) is 16.9. The maximum Gasteiger partial charge on any atom is 0.311 e. The number of carboxylic acid groups (broad SMARTS) is 1. The topological polar surface area (TPSA) is 83.8 Å². The average molecular weight is 379 g/mol. The van der Waals surface area contributed by atoms with Crippen molar-refractivity contribution in [3.05, 3.63) is 0 Å². The molecule has 5 nitrogen and oxygen atoms in total. The summed E-state index contributed by atoms with van der Waals surface area (Å²) in [7, 11) is 1.49. The van der Waals surface area contributed by atoms with Gasteiger partial charge in [0.15, 0.2) is 0 Å². The fourth-order valence-corrected chi connectivity index (χ4v) is 8.43. The quantitative estimate of drug-likeness (QED) is 0.733. The summed E-state index contributed by atoms with van der Waals surface area (Å²) in [5.41, 5.74) is -0.576. The van der Waals surface area contributed by atoms with Crippen molar-refractivity contribution in [2.24, 2.45) is 39.9 Å². The van der Waals surface area contributed by atoms with Crippen LogP contribution in [0, 0.1) is 39.9 Å². The van der Waals surface area contributed by atoms with E-state index in [9.17, 15) is 19.8 Å². The molecule has 2 bridgehead atoms. The van der Waals surface area contributed by atoms with E-state index in [0.29, 0.717) is 11.8 Å². The van der Waals surface area contributed by atoms with Gasteiger partial charge in [0.2, 0.25) is 0 Å². The second-order valence-electron chi connectivity index (χ2n) is 10.4. The van der Waals surface area contributed by atoms with E-state index in [1.54, 1.807) is 0 Å². The summed E-state index contributed by atoms with van der Waals surface area (Å²) in [5, 5.41) is 20.7. The molecule has 8 atom stereocenters. The van der Waals surface area contributed by atoms with Gasteiger partial charge in [0.1, 0.15) is 0 Å². The molecule has 5 aliphatic rings. The van der Waals surface area contributed by atoms with E-state index in [4.69, 9.17) is 4.74 Å². The first-order valence-electron chi connectivity index (χ1n) is 10.7. The van der Waals surface area contributed by atoms with Gasteiger partial charge in [-0.3, -0.25) is 9.59 Å². The molecule has 0 heterocycles. The summed E-state index contributed by atoms with van der Waals surface area (Å²) in [6, 6.07) is 0. The normalized spacial score (nSPS) is 51.2. The van der Waals surface area contributed by atoms with Crippen LogP contribution in [0.15, 0.2) is 0 Å². The minimum Gasteiger partial charge on any atom is -0.481 e. The van der Waals surface area contributed by atoms with Gasteiger partial charge in [-0.1, -0.05) is 13.3 Å². The van der Waals surface area contributed by atoms with Crippen LogP contribution in [-0.2, 0) is 14.3 Å². The van der Waals surface area contributed by atoms with Crippen molar-refractivity contribution in [3.63, 3.8) is 0 Å². The minimum absolute atomic E-state index is 0.0211. The Hall–Kier alpha value is -1.10. The lowest BCUT2D eigenvalue weighted by Crippen LogP contribution is -2.67. The molecule has 0 aromatic rings. The third-order valence-corrected chi connectivity index (χ3v) is 9.55. The third-order valence-electron chi connectivity index (χ3n) is 9.55. The maximum absolute atomic E-state index is 12.7. The zero-order valence-electron chi connectivity index (χ0n) is 16.9. The number of carbonyl (C=O) groups excluding carboxylic acids is 1. The number of hydrogen-bond acceptors (Lipinski definition) is 4. The molecule has 0 radical (unpaired) electrons. The first kappa shape index (κ1) is 19.2. The number of carboxylic acids is 1. The lowest BCUT2D eigenvalue weighted by Gasteiger charge is -2.69. The van der Waals surface area contributed by atoms with Gasteiger partial charge in [0.25, 0.3) is 0 Å². The van der Waals surface area contributed by atoms with Gasteiger partial charge in [-0.15, -0.1) is 0 Å². The predicted octanol–water partition coefficient (Wildman–Crippen LogP) is 3.63. The lowest BCUT2D eigenvalue weighted by molar-refractivity contribution is -0.246. The van der Waals surface area contributed by atoms with Crippen LogP contribution < -0.4 is 0 Å². The Morgan fingerprint density at radius 2 is 1.78 bits per heavy atom. The highest BCUT2D eigenvalue weighted by Crippen LogP contribution is 2.72. The van der Waals surface area contributed by atoms with E-state index in [0.717, 1.165) is 51.4 Å². The number of aliphatic hydroxyl groups is 1. The molecule has 0 amide bonds. The van der Waals surface area contributed by atoms with Crippen molar-refractivity contribution < 1.29 is 24.5 Å². The summed E-state index contributed by atoms with van der Waals surface area (Å²) in [5.74, 6) is -0.0266. The molecule has 5 heteroatoms. The van der Waals surface area contributed by atoms with Crippen molar-refractivity contribution >= 4 is 11.9 Å². The van der Waals surface area contributed by atoms with Crippen LogP contribution >= 0.6 is 0 Å². The van der Waals surface area contributed by atoms with E-state index in [2.05, 4.69) is 13.8 Å². The standard InChI is InChI=1S/C22H34O5/c1-20-7-4-8-21(2,19(26)27-3)15(20)6-10-22-9-5-13(11-16(20)22)14(18(22)25)12-17(23)24/h13-16,18,25H,4-12H2,1-3H3,(H,23,24)/t13-,14-,15-,16-,18+,20+,21+,22-/m0/s1. The smallest absolute Gasteiger partial charge is 0.311 e. The van der Waals surface area contributed by atoms with Gasteiger partial charge in [0, 0.05) is 0 Å². The van der Waals surface area contributed by atoms with Crippen LogP contribution in [0.2, 0.25) is 0 Å². The Morgan fingerprint density at radius 1 is 1.07 bits per heavy atom. The van der Waals surface area contributed by atoms with Gasteiger partial charge < -0.3 is 14.9 Å². The van der Waals surface area contributed by atoms with Crippen LogP contribution in [0.25, 0.3) is 0 Å². The van der Waals surface area contributed by atoms with Crippen LogP contribution in [0.1, 0.15) is 71.6 Å².